The lowest BCUT2D eigenvalue weighted by atomic mass is 10.2. The van der Waals surface area contributed by atoms with Crippen LogP contribution in [0.15, 0.2) is 32.2 Å². The summed E-state index contributed by atoms with van der Waals surface area (Å²) in [5.41, 5.74) is 1.59. The molecule has 2 rings (SSSR count). The van der Waals surface area contributed by atoms with E-state index >= 15 is 0 Å². The van der Waals surface area contributed by atoms with Crippen LogP contribution < -0.4 is 5.32 Å². The molecule has 7 nitrogen and oxygen atoms in total. The number of hydrogen-bond donors (Lipinski definition) is 1. The predicted octanol–water partition coefficient (Wildman–Crippen LogP) is 3.07. The number of aromatic nitrogens is 1. The van der Waals surface area contributed by atoms with Crippen molar-refractivity contribution in [2.45, 2.75) is 26.9 Å². The summed E-state index contributed by atoms with van der Waals surface area (Å²) in [7, 11) is 5.35. The highest BCUT2D eigenvalue weighted by atomic mass is 79.9. The lowest BCUT2D eigenvalue weighted by Gasteiger charge is -2.22. The number of guanidine groups is 1. The number of rotatable bonds is 6. The number of esters is 1. The standard InChI is InChI=1S/C18H25BrN4O3/c1-6-20-18(23(4)11-14-7-13(19)10-22(14)3)21-9-15-8-16(12(2)26-15)17(24)25-5/h7-8,10H,6,9,11H2,1-5H3,(H,20,21). The number of aliphatic imine (C=N–C) groups is 1. The lowest BCUT2D eigenvalue weighted by molar-refractivity contribution is 0.0599. The molecule has 2 aromatic heterocycles. The van der Waals surface area contributed by atoms with Crippen LogP contribution in [0.25, 0.3) is 0 Å². The zero-order chi connectivity index (χ0) is 19.3. The highest BCUT2D eigenvalue weighted by Crippen LogP contribution is 2.17. The number of nitrogens with zero attached hydrogens (tertiary/aromatic N) is 3. The van der Waals surface area contributed by atoms with E-state index in [9.17, 15) is 4.79 Å². The Kier molecular flexibility index (Phi) is 6.90. The van der Waals surface area contributed by atoms with Gasteiger partial charge in [0.05, 0.1) is 13.7 Å². The van der Waals surface area contributed by atoms with E-state index < -0.39 is 5.97 Å². The Morgan fingerprint density at radius 2 is 2.19 bits per heavy atom. The number of halogens is 1. The second-order valence-corrected chi connectivity index (χ2v) is 6.88. The molecule has 2 heterocycles. The highest BCUT2D eigenvalue weighted by molar-refractivity contribution is 9.10. The van der Waals surface area contributed by atoms with E-state index in [1.807, 2.05) is 32.1 Å². The van der Waals surface area contributed by atoms with E-state index in [0.717, 1.165) is 22.7 Å². The Bertz CT molecular complexity index is 794. The number of aryl methyl sites for hydroxylation is 2. The fraction of sp³-hybridized carbons (Fsp3) is 0.444. The minimum Gasteiger partial charge on any atom is -0.465 e. The molecule has 0 radical (unpaired) electrons. The maximum atomic E-state index is 11.7. The summed E-state index contributed by atoms with van der Waals surface area (Å²) in [4.78, 5) is 18.4. The van der Waals surface area contributed by atoms with Gasteiger partial charge in [0.2, 0.25) is 0 Å². The van der Waals surface area contributed by atoms with Crippen LogP contribution in [-0.2, 0) is 24.9 Å². The van der Waals surface area contributed by atoms with Crippen molar-refractivity contribution < 1.29 is 13.9 Å². The van der Waals surface area contributed by atoms with Crippen molar-refractivity contribution in [3.05, 3.63) is 45.6 Å². The number of ether oxygens (including phenoxy) is 1. The number of carbonyl (C=O) groups excluding carboxylic acids is 1. The van der Waals surface area contributed by atoms with Gasteiger partial charge in [-0.2, -0.15) is 0 Å². The maximum Gasteiger partial charge on any atom is 0.341 e. The predicted molar refractivity (Wildman–Crippen MR) is 104 cm³/mol. The average Bonchev–Trinajstić information content (AvgIpc) is 3.12. The largest absolute Gasteiger partial charge is 0.465 e. The van der Waals surface area contributed by atoms with E-state index in [0.29, 0.717) is 30.2 Å². The molecular weight excluding hydrogens is 400 g/mol. The van der Waals surface area contributed by atoms with E-state index in [-0.39, 0.29) is 0 Å². The Hall–Kier alpha value is -2.22. The molecular formula is C18H25BrN4O3. The van der Waals surface area contributed by atoms with E-state index in [1.54, 1.807) is 13.0 Å². The van der Waals surface area contributed by atoms with Crippen LogP contribution in [0.4, 0.5) is 0 Å². The molecule has 0 aromatic carbocycles. The van der Waals surface area contributed by atoms with Gasteiger partial charge in [0.25, 0.3) is 0 Å². The van der Waals surface area contributed by atoms with Gasteiger partial charge in [-0.1, -0.05) is 0 Å². The van der Waals surface area contributed by atoms with Crippen LogP contribution in [-0.4, -0.2) is 42.1 Å². The molecule has 0 saturated heterocycles. The molecule has 0 aliphatic heterocycles. The van der Waals surface area contributed by atoms with Crippen molar-refractivity contribution in [2.24, 2.45) is 12.0 Å². The molecule has 8 heteroatoms. The van der Waals surface area contributed by atoms with Crippen LogP contribution >= 0.6 is 15.9 Å². The van der Waals surface area contributed by atoms with E-state index in [4.69, 9.17) is 9.15 Å². The second kappa shape index (κ2) is 8.93. The van der Waals surface area contributed by atoms with Crippen molar-refractivity contribution in [1.29, 1.82) is 0 Å². The summed E-state index contributed by atoms with van der Waals surface area (Å²) in [6.07, 6.45) is 2.02. The molecule has 26 heavy (non-hydrogen) atoms. The molecule has 2 aromatic rings. The van der Waals surface area contributed by atoms with E-state index in [2.05, 4.69) is 36.9 Å². The fourth-order valence-corrected chi connectivity index (χ4v) is 3.17. The van der Waals surface area contributed by atoms with Crippen LogP contribution in [0.2, 0.25) is 0 Å². The van der Waals surface area contributed by atoms with Gasteiger partial charge in [0.1, 0.15) is 23.6 Å². The fourth-order valence-electron chi connectivity index (χ4n) is 2.60. The summed E-state index contributed by atoms with van der Waals surface area (Å²) < 4.78 is 13.5. The Balaban J connectivity index is 2.13. The van der Waals surface area contributed by atoms with Crippen LogP contribution in [0.5, 0.6) is 0 Å². The molecule has 0 bridgehead atoms. The van der Waals surface area contributed by atoms with Crippen LogP contribution in [0.3, 0.4) is 0 Å². The molecule has 0 unspecified atom stereocenters. The first-order valence-corrected chi connectivity index (χ1v) is 9.12. The average molecular weight is 425 g/mol. The summed E-state index contributed by atoms with van der Waals surface area (Å²) in [5, 5.41) is 3.28. The SMILES string of the molecule is CCNC(=NCc1cc(C(=O)OC)c(C)o1)N(C)Cc1cc(Br)cn1C. The summed E-state index contributed by atoms with van der Waals surface area (Å²) in [5.74, 6) is 1.51. The topological polar surface area (TPSA) is 72.0 Å². The van der Waals surface area contributed by atoms with Crippen molar-refractivity contribution in [3.8, 4) is 0 Å². The molecule has 0 aliphatic rings. The highest BCUT2D eigenvalue weighted by Gasteiger charge is 2.16. The summed E-state index contributed by atoms with van der Waals surface area (Å²) >= 11 is 3.49. The zero-order valence-electron chi connectivity index (χ0n) is 15.8. The van der Waals surface area contributed by atoms with Crippen molar-refractivity contribution in [2.75, 3.05) is 20.7 Å². The molecule has 1 N–H and O–H groups in total. The third kappa shape index (κ3) is 4.91. The molecule has 142 valence electrons. The monoisotopic (exact) mass is 424 g/mol. The van der Waals surface area contributed by atoms with Gasteiger partial charge in [-0.3, -0.25) is 0 Å². The first-order valence-electron chi connectivity index (χ1n) is 8.33. The molecule has 0 fully saturated rings. The van der Waals surface area contributed by atoms with Gasteiger partial charge in [-0.05, 0) is 41.9 Å². The molecule has 0 saturated carbocycles. The quantitative estimate of drug-likeness (QED) is 0.438. The Morgan fingerprint density at radius 3 is 2.77 bits per heavy atom. The third-order valence-corrected chi connectivity index (χ3v) is 4.36. The Morgan fingerprint density at radius 1 is 1.46 bits per heavy atom. The maximum absolute atomic E-state index is 11.7. The van der Waals surface area contributed by atoms with Gasteiger partial charge in [0, 0.05) is 37.0 Å². The van der Waals surface area contributed by atoms with Crippen molar-refractivity contribution >= 4 is 27.9 Å². The van der Waals surface area contributed by atoms with Crippen molar-refractivity contribution in [3.63, 3.8) is 0 Å². The van der Waals surface area contributed by atoms with Gasteiger partial charge in [-0.15, -0.1) is 0 Å². The number of methoxy groups -OCH3 is 1. The lowest BCUT2D eigenvalue weighted by Crippen LogP contribution is -2.38. The zero-order valence-corrected chi connectivity index (χ0v) is 17.4. The Labute approximate surface area is 162 Å². The first kappa shape index (κ1) is 20.1. The second-order valence-electron chi connectivity index (χ2n) is 5.96. The van der Waals surface area contributed by atoms with Crippen LogP contribution in [0.1, 0.15) is 34.5 Å². The minimum absolute atomic E-state index is 0.335. The van der Waals surface area contributed by atoms with Gasteiger partial charge in [0.15, 0.2) is 5.96 Å². The molecule has 0 amide bonds. The number of hydrogen-bond acceptors (Lipinski definition) is 4. The van der Waals surface area contributed by atoms with Gasteiger partial charge in [-0.25, -0.2) is 9.79 Å². The first-order chi connectivity index (χ1) is 12.3. The number of nitrogens with one attached hydrogen (secondary N) is 1. The summed E-state index contributed by atoms with van der Waals surface area (Å²) in [6.45, 7) is 5.56. The number of carbonyl (C=O) groups is 1. The minimum atomic E-state index is -0.403. The van der Waals surface area contributed by atoms with E-state index in [1.165, 1.54) is 7.11 Å². The smallest absolute Gasteiger partial charge is 0.341 e. The molecule has 0 aliphatic carbocycles. The summed E-state index contributed by atoms with van der Waals surface area (Å²) in [6, 6.07) is 3.77. The van der Waals surface area contributed by atoms with Gasteiger partial charge < -0.3 is 23.9 Å². The normalized spacial score (nSPS) is 11.5. The van der Waals surface area contributed by atoms with Crippen LogP contribution in [0, 0.1) is 6.92 Å². The number of furan rings is 1. The van der Waals surface area contributed by atoms with Crippen molar-refractivity contribution in [1.82, 2.24) is 14.8 Å². The molecule has 0 spiro atoms. The molecule has 0 atom stereocenters. The van der Waals surface area contributed by atoms with Gasteiger partial charge >= 0.3 is 5.97 Å². The third-order valence-electron chi connectivity index (χ3n) is 3.93.